The van der Waals surface area contributed by atoms with Crippen molar-refractivity contribution in [1.29, 1.82) is 0 Å². The lowest BCUT2D eigenvalue weighted by molar-refractivity contribution is -0.114. The van der Waals surface area contributed by atoms with Gasteiger partial charge in [0.2, 0.25) is 5.91 Å². The van der Waals surface area contributed by atoms with Crippen LogP contribution in [0.5, 0.6) is 11.5 Å². The van der Waals surface area contributed by atoms with Crippen LogP contribution in [-0.2, 0) is 17.6 Å². The van der Waals surface area contributed by atoms with Crippen molar-refractivity contribution in [3.63, 3.8) is 0 Å². The first-order chi connectivity index (χ1) is 12.9. The van der Waals surface area contributed by atoms with Crippen LogP contribution in [0.3, 0.4) is 0 Å². The zero-order valence-corrected chi connectivity index (χ0v) is 16.8. The zero-order valence-electron chi connectivity index (χ0n) is 16.0. The molecule has 0 unspecified atom stereocenters. The fourth-order valence-electron chi connectivity index (χ4n) is 3.34. The quantitative estimate of drug-likeness (QED) is 0.808. The molecule has 2 aromatic rings. The van der Waals surface area contributed by atoms with Crippen molar-refractivity contribution < 1.29 is 19.1 Å². The Bertz CT molecular complexity index is 875. The molecule has 7 heteroatoms. The lowest BCUT2D eigenvalue weighted by Crippen LogP contribution is -2.19. The van der Waals surface area contributed by atoms with E-state index in [4.69, 9.17) is 9.47 Å². The van der Waals surface area contributed by atoms with Crippen LogP contribution in [0.1, 0.15) is 41.1 Å². The Kier molecular flexibility index (Phi) is 5.70. The average molecular weight is 388 g/mol. The summed E-state index contributed by atoms with van der Waals surface area (Å²) < 4.78 is 10.6. The summed E-state index contributed by atoms with van der Waals surface area (Å²) in [6, 6.07) is 5.23. The highest BCUT2D eigenvalue weighted by Gasteiger charge is 2.28. The maximum absolute atomic E-state index is 13.1. The van der Waals surface area contributed by atoms with Gasteiger partial charge in [-0.2, -0.15) is 0 Å². The maximum Gasteiger partial charge on any atom is 0.259 e. The van der Waals surface area contributed by atoms with E-state index < -0.39 is 0 Å². The van der Waals surface area contributed by atoms with E-state index in [1.807, 2.05) is 0 Å². The molecule has 1 aromatic heterocycles. The molecule has 6 nitrogen and oxygen atoms in total. The predicted octanol–water partition coefficient (Wildman–Crippen LogP) is 4.10. The Balaban J connectivity index is 1.98. The van der Waals surface area contributed by atoms with Gasteiger partial charge in [-0.25, -0.2) is 0 Å². The van der Waals surface area contributed by atoms with E-state index in [0.717, 1.165) is 24.8 Å². The SMILES string of the molecule is COc1ccc(OC)c(NC(=O)c2c(NC(C)=O)sc3c2CC[C@@H](C)C3)c1. The number of nitrogens with one attached hydrogen (secondary N) is 2. The number of hydrogen-bond acceptors (Lipinski definition) is 5. The first-order valence-corrected chi connectivity index (χ1v) is 9.70. The minimum Gasteiger partial charge on any atom is -0.497 e. The van der Waals surface area contributed by atoms with E-state index in [2.05, 4.69) is 17.6 Å². The summed E-state index contributed by atoms with van der Waals surface area (Å²) in [6.07, 6.45) is 2.80. The number of thiophene rings is 1. The largest absolute Gasteiger partial charge is 0.497 e. The second-order valence-corrected chi connectivity index (χ2v) is 7.86. The van der Waals surface area contributed by atoms with Gasteiger partial charge in [0.15, 0.2) is 0 Å². The number of hydrogen-bond donors (Lipinski definition) is 2. The van der Waals surface area contributed by atoms with Gasteiger partial charge in [0.25, 0.3) is 5.91 Å². The number of carbonyl (C=O) groups is 2. The summed E-state index contributed by atoms with van der Waals surface area (Å²) in [5.41, 5.74) is 2.13. The van der Waals surface area contributed by atoms with Gasteiger partial charge in [-0.1, -0.05) is 6.92 Å². The number of anilines is 2. The number of rotatable bonds is 5. The lowest BCUT2D eigenvalue weighted by atomic mass is 9.88. The standard InChI is InChI=1S/C20H24N2O4S/c1-11-5-7-14-17(9-11)27-20(21-12(2)23)18(14)19(24)22-15-10-13(25-3)6-8-16(15)26-4/h6,8,10-11H,5,7,9H2,1-4H3,(H,21,23)(H,22,24)/t11-/m1/s1. The minimum absolute atomic E-state index is 0.186. The number of carbonyl (C=O) groups excluding carboxylic acids is 2. The van der Waals surface area contributed by atoms with Gasteiger partial charge in [-0.3, -0.25) is 9.59 Å². The Hall–Kier alpha value is -2.54. The molecule has 0 saturated heterocycles. The van der Waals surface area contributed by atoms with Gasteiger partial charge in [-0.05, 0) is 42.9 Å². The van der Waals surface area contributed by atoms with Gasteiger partial charge >= 0.3 is 0 Å². The van der Waals surface area contributed by atoms with Crippen molar-refractivity contribution in [2.24, 2.45) is 5.92 Å². The van der Waals surface area contributed by atoms with E-state index in [1.165, 1.54) is 23.1 Å². The van der Waals surface area contributed by atoms with E-state index in [9.17, 15) is 9.59 Å². The lowest BCUT2D eigenvalue weighted by Gasteiger charge is -2.19. The van der Waals surface area contributed by atoms with Gasteiger partial charge in [-0.15, -0.1) is 11.3 Å². The zero-order chi connectivity index (χ0) is 19.6. The molecule has 1 heterocycles. The van der Waals surface area contributed by atoms with Crippen LogP contribution in [0.25, 0.3) is 0 Å². The van der Waals surface area contributed by atoms with Crippen molar-refractivity contribution in [3.8, 4) is 11.5 Å². The van der Waals surface area contributed by atoms with E-state index >= 15 is 0 Å². The van der Waals surface area contributed by atoms with Crippen LogP contribution in [0.2, 0.25) is 0 Å². The van der Waals surface area contributed by atoms with Crippen molar-refractivity contribution >= 4 is 33.8 Å². The topological polar surface area (TPSA) is 76.7 Å². The molecule has 0 radical (unpaired) electrons. The highest BCUT2D eigenvalue weighted by atomic mass is 32.1. The highest BCUT2D eigenvalue weighted by Crippen LogP contribution is 2.40. The normalized spacial score (nSPS) is 15.6. The Morgan fingerprint density at radius 1 is 1.19 bits per heavy atom. The summed E-state index contributed by atoms with van der Waals surface area (Å²) in [5, 5.41) is 6.36. The molecule has 2 N–H and O–H groups in total. The third-order valence-corrected chi connectivity index (χ3v) is 5.85. The van der Waals surface area contributed by atoms with Crippen LogP contribution in [-0.4, -0.2) is 26.0 Å². The Labute approximate surface area is 162 Å². The van der Waals surface area contributed by atoms with Crippen molar-refractivity contribution in [1.82, 2.24) is 0 Å². The molecule has 1 atom stereocenters. The molecule has 0 saturated carbocycles. The molecule has 2 amide bonds. The molecule has 0 fully saturated rings. The molecule has 27 heavy (non-hydrogen) atoms. The van der Waals surface area contributed by atoms with E-state index in [1.54, 1.807) is 32.4 Å². The summed E-state index contributed by atoms with van der Waals surface area (Å²) in [5.74, 6) is 1.31. The molecular formula is C20H24N2O4S. The molecular weight excluding hydrogens is 364 g/mol. The van der Waals surface area contributed by atoms with Gasteiger partial charge < -0.3 is 20.1 Å². The smallest absolute Gasteiger partial charge is 0.259 e. The summed E-state index contributed by atoms with van der Waals surface area (Å²) in [4.78, 5) is 26.0. The molecule has 144 valence electrons. The summed E-state index contributed by atoms with van der Waals surface area (Å²) in [7, 11) is 3.12. The highest BCUT2D eigenvalue weighted by molar-refractivity contribution is 7.17. The molecule has 3 rings (SSSR count). The third-order valence-electron chi connectivity index (χ3n) is 4.68. The molecule has 1 aliphatic carbocycles. The summed E-state index contributed by atoms with van der Waals surface area (Å²) in [6.45, 7) is 3.66. The number of methoxy groups -OCH3 is 2. The van der Waals surface area contributed by atoms with Gasteiger partial charge in [0.1, 0.15) is 16.5 Å². The van der Waals surface area contributed by atoms with E-state index in [0.29, 0.717) is 33.7 Å². The predicted molar refractivity (Wildman–Crippen MR) is 107 cm³/mol. The monoisotopic (exact) mass is 388 g/mol. The fraction of sp³-hybridized carbons (Fsp3) is 0.400. The van der Waals surface area contributed by atoms with Crippen LogP contribution in [0.4, 0.5) is 10.7 Å². The van der Waals surface area contributed by atoms with Gasteiger partial charge in [0.05, 0.1) is 25.5 Å². The second kappa shape index (κ2) is 8.00. The maximum atomic E-state index is 13.1. The number of fused-ring (bicyclic) bond motifs is 1. The fourth-order valence-corrected chi connectivity index (χ4v) is 4.79. The molecule has 1 aromatic carbocycles. The van der Waals surface area contributed by atoms with Crippen molar-refractivity contribution in [2.75, 3.05) is 24.9 Å². The van der Waals surface area contributed by atoms with Crippen LogP contribution < -0.4 is 20.1 Å². The second-order valence-electron chi connectivity index (χ2n) is 6.76. The van der Waals surface area contributed by atoms with Crippen LogP contribution >= 0.6 is 11.3 Å². The number of benzene rings is 1. The minimum atomic E-state index is -0.252. The van der Waals surface area contributed by atoms with E-state index in [-0.39, 0.29) is 11.8 Å². The van der Waals surface area contributed by atoms with Crippen LogP contribution in [0.15, 0.2) is 18.2 Å². The van der Waals surface area contributed by atoms with Crippen molar-refractivity contribution in [2.45, 2.75) is 33.1 Å². The Morgan fingerprint density at radius 3 is 2.63 bits per heavy atom. The first kappa shape index (κ1) is 19.2. The molecule has 0 spiro atoms. The Morgan fingerprint density at radius 2 is 1.96 bits per heavy atom. The van der Waals surface area contributed by atoms with Crippen LogP contribution in [0, 0.1) is 5.92 Å². The average Bonchev–Trinajstić information content (AvgIpc) is 2.97. The number of amides is 2. The third kappa shape index (κ3) is 4.08. The molecule has 1 aliphatic rings. The first-order valence-electron chi connectivity index (χ1n) is 8.88. The van der Waals surface area contributed by atoms with Gasteiger partial charge in [0, 0.05) is 17.9 Å². The number of ether oxygens (including phenoxy) is 2. The van der Waals surface area contributed by atoms with Crippen molar-refractivity contribution in [3.05, 3.63) is 34.2 Å². The summed E-state index contributed by atoms with van der Waals surface area (Å²) >= 11 is 1.50. The molecule has 0 bridgehead atoms. The molecule has 0 aliphatic heterocycles.